The van der Waals surface area contributed by atoms with Crippen molar-refractivity contribution in [2.45, 2.75) is 19.9 Å². The van der Waals surface area contributed by atoms with Crippen molar-refractivity contribution in [2.75, 3.05) is 44.3 Å². The predicted molar refractivity (Wildman–Crippen MR) is 116 cm³/mol. The predicted octanol–water partition coefficient (Wildman–Crippen LogP) is 3.71. The van der Waals surface area contributed by atoms with Gasteiger partial charge in [0.15, 0.2) is 5.13 Å². The van der Waals surface area contributed by atoms with E-state index in [0.29, 0.717) is 22.4 Å². The lowest BCUT2D eigenvalue weighted by atomic mass is 10.3. The number of rotatable bonds is 6. The Morgan fingerprint density at radius 3 is 2.86 bits per heavy atom. The first-order valence-corrected chi connectivity index (χ1v) is 10.9. The van der Waals surface area contributed by atoms with Gasteiger partial charge in [0, 0.05) is 43.4 Å². The summed E-state index contributed by atoms with van der Waals surface area (Å²) < 4.78 is 8.16. The third-order valence-electron chi connectivity index (χ3n) is 4.94. The Labute approximate surface area is 178 Å². The van der Waals surface area contributed by atoms with Gasteiger partial charge in [0.25, 0.3) is 5.91 Å². The Morgan fingerprint density at radius 1 is 1.31 bits per heavy atom. The number of fused-ring (bicyclic) bond motifs is 1. The summed E-state index contributed by atoms with van der Waals surface area (Å²) in [6, 6.07) is 7.47. The Balaban J connectivity index is 1.65. The molecule has 1 fully saturated rings. The normalized spacial score (nSPS) is 15.3. The molecule has 1 aliphatic heterocycles. The van der Waals surface area contributed by atoms with Gasteiger partial charge in [-0.25, -0.2) is 4.98 Å². The molecule has 1 aliphatic rings. The third kappa shape index (κ3) is 4.45. The van der Waals surface area contributed by atoms with E-state index in [1.165, 1.54) is 11.3 Å². The van der Waals surface area contributed by atoms with E-state index in [1.54, 1.807) is 21.8 Å². The molecule has 0 bridgehead atoms. The molecule has 154 valence electrons. The van der Waals surface area contributed by atoms with E-state index in [9.17, 15) is 4.79 Å². The summed E-state index contributed by atoms with van der Waals surface area (Å²) in [4.78, 5) is 22.3. The first-order chi connectivity index (χ1) is 14.0. The van der Waals surface area contributed by atoms with Gasteiger partial charge in [-0.2, -0.15) is 5.10 Å². The van der Waals surface area contributed by atoms with Crippen LogP contribution in [0.5, 0.6) is 0 Å². The lowest BCUT2D eigenvalue weighted by molar-refractivity contribution is 0.0391. The van der Waals surface area contributed by atoms with Crippen molar-refractivity contribution in [3.05, 3.63) is 41.2 Å². The van der Waals surface area contributed by atoms with Crippen LogP contribution in [0.3, 0.4) is 0 Å². The minimum Gasteiger partial charge on any atom is -0.379 e. The molecule has 1 aromatic carbocycles. The number of morpholine rings is 1. The van der Waals surface area contributed by atoms with Crippen LogP contribution >= 0.6 is 22.9 Å². The summed E-state index contributed by atoms with van der Waals surface area (Å²) in [5, 5.41) is 5.67. The van der Waals surface area contributed by atoms with Gasteiger partial charge in [0.05, 0.1) is 23.4 Å². The number of carbonyl (C=O) groups is 1. The molecule has 0 radical (unpaired) electrons. The standard InChI is InChI=1S/C20H24ClN5O2S/c1-14(2)26-17(5-6-22-26)19(27)25(8-7-24-9-11-28-12-10-24)20-23-16-4-3-15(21)13-18(16)29-20/h3-6,13-14H,7-12H2,1-2H3. The van der Waals surface area contributed by atoms with Crippen molar-refractivity contribution in [2.24, 2.45) is 0 Å². The molecule has 0 spiro atoms. The Kier molecular flexibility index (Phi) is 6.15. The fourth-order valence-corrected chi connectivity index (χ4v) is 4.65. The highest BCUT2D eigenvalue weighted by Crippen LogP contribution is 2.31. The molecule has 0 atom stereocenters. The number of halogens is 1. The number of aromatic nitrogens is 3. The molecule has 1 saturated heterocycles. The number of nitrogens with zero attached hydrogens (tertiary/aromatic N) is 5. The molecule has 29 heavy (non-hydrogen) atoms. The first kappa shape index (κ1) is 20.3. The largest absolute Gasteiger partial charge is 0.379 e. The maximum absolute atomic E-state index is 13.5. The van der Waals surface area contributed by atoms with E-state index in [2.05, 4.69) is 10.00 Å². The minimum absolute atomic E-state index is 0.0883. The van der Waals surface area contributed by atoms with Crippen molar-refractivity contribution < 1.29 is 9.53 Å². The third-order valence-corrected chi connectivity index (χ3v) is 6.21. The highest BCUT2D eigenvalue weighted by Gasteiger charge is 2.26. The molecule has 4 rings (SSSR count). The van der Waals surface area contributed by atoms with E-state index in [4.69, 9.17) is 21.3 Å². The number of hydrogen-bond acceptors (Lipinski definition) is 6. The fraction of sp³-hybridized carbons (Fsp3) is 0.450. The molecule has 0 unspecified atom stereocenters. The van der Waals surface area contributed by atoms with Crippen molar-refractivity contribution >= 4 is 44.2 Å². The highest BCUT2D eigenvalue weighted by molar-refractivity contribution is 7.22. The molecule has 1 amide bonds. The second kappa shape index (κ2) is 8.79. The SMILES string of the molecule is CC(C)n1nccc1C(=O)N(CCN1CCOCC1)c1nc2ccc(Cl)cc2s1. The van der Waals surface area contributed by atoms with Crippen LogP contribution in [0.25, 0.3) is 10.2 Å². The number of hydrogen-bond donors (Lipinski definition) is 0. The van der Waals surface area contributed by atoms with Gasteiger partial charge in [-0.15, -0.1) is 0 Å². The number of carbonyl (C=O) groups excluding carboxylic acids is 1. The zero-order chi connectivity index (χ0) is 20.4. The van der Waals surface area contributed by atoms with Gasteiger partial charge >= 0.3 is 0 Å². The quantitative estimate of drug-likeness (QED) is 0.593. The number of amides is 1. The van der Waals surface area contributed by atoms with Crippen molar-refractivity contribution in [1.82, 2.24) is 19.7 Å². The maximum Gasteiger partial charge on any atom is 0.278 e. The van der Waals surface area contributed by atoms with E-state index >= 15 is 0 Å². The van der Waals surface area contributed by atoms with Gasteiger partial charge < -0.3 is 4.74 Å². The Morgan fingerprint density at radius 2 is 2.10 bits per heavy atom. The lowest BCUT2D eigenvalue weighted by Gasteiger charge is -2.29. The van der Waals surface area contributed by atoms with Gasteiger partial charge in [0.1, 0.15) is 5.69 Å². The molecular weight excluding hydrogens is 410 g/mol. The van der Waals surface area contributed by atoms with Crippen LogP contribution in [-0.4, -0.2) is 65.0 Å². The van der Waals surface area contributed by atoms with Gasteiger partial charge in [-0.05, 0) is 38.1 Å². The minimum atomic E-state index is -0.0883. The highest BCUT2D eigenvalue weighted by atomic mass is 35.5. The van der Waals surface area contributed by atoms with E-state index < -0.39 is 0 Å². The molecule has 7 nitrogen and oxygen atoms in total. The van der Waals surface area contributed by atoms with Gasteiger partial charge in [0.2, 0.25) is 0 Å². The first-order valence-electron chi connectivity index (χ1n) is 9.74. The summed E-state index contributed by atoms with van der Waals surface area (Å²) in [5.41, 5.74) is 1.41. The number of benzene rings is 1. The molecule has 3 aromatic rings. The maximum atomic E-state index is 13.5. The summed E-state index contributed by atoms with van der Waals surface area (Å²) >= 11 is 7.62. The lowest BCUT2D eigenvalue weighted by Crippen LogP contribution is -2.43. The van der Waals surface area contributed by atoms with E-state index in [1.807, 2.05) is 32.0 Å². The molecule has 2 aromatic heterocycles. The average molecular weight is 434 g/mol. The monoisotopic (exact) mass is 433 g/mol. The van der Waals surface area contributed by atoms with E-state index in [0.717, 1.165) is 43.1 Å². The number of ether oxygens (including phenoxy) is 1. The molecule has 3 heterocycles. The van der Waals surface area contributed by atoms with Crippen LogP contribution in [0.15, 0.2) is 30.5 Å². The zero-order valence-corrected chi connectivity index (χ0v) is 18.1. The van der Waals surface area contributed by atoms with Crippen molar-refractivity contribution in [1.29, 1.82) is 0 Å². The van der Waals surface area contributed by atoms with Crippen molar-refractivity contribution in [3.63, 3.8) is 0 Å². The summed E-state index contributed by atoms with van der Waals surface area (Å²) in [5.74, 6) is -0.0883. The van der Waals surface area contributed by atoms with Crippen LogP contribution < -0.4 is 4.90 Å². The molecule has 0 aliphatic carbocycles. The number of thiazole rings is 1. The topological polar surface area (TPSA) is 63.5 Å². The summed E-state index contributed by atoms with van der Waals surface area (Å²) in [7, 11) is 0. The second-order valence-electron chi connectivity index (χ2n) is 7.27. The molecule has 0 N–H and O–H groups in total. The summed E-state index contributed by atoms with van der Waals surface area (Å²) in [6.07, 6.45) is 1.67. The number of anilines is 1. The smallest absolute Gasteiger partial charge is 0.278 e. The van der Waals surface area contributed by atoms with Crippen LogP contribution in [0, 0.1) is 0 Å². The Hall–Kier alpha value is -2.00. The Bertz CT molecular complexity index is 996. The summed E-state index contributed by atoms with van der Waals surface area (Å²) in [6.45, 7) is 8.56. The van der Waals surface area contributed by atoms with Crippen LogP contribution in [0.2, 0.25) is 5.02 Å². The molecule has 9 heteroatoms. The van der Waals surface area contributed by atoms with Gasteiger partial charge in [-0.3, -0.25) is 19.3 Å². The van der Waals surface area contributed by atoms with E-state index in [-0.39, 0.29) is 11.9 Å². The van der Waals surface area contributed by atoms with Crippen molar-refractivity contribution in [3.8, 4) is 0 Å². The van der Waals surface area contributed by atoms with Gasteiger partial charge in [-0.1, -0.05) is 22.9 Å². The van der Waals surface area contributed by atoms with Crippen LogP contribution in [-0.2, 0) is 4.74 Å². The zero-order valence-electron chi connectivity index (χ0n) is 16.5. The molecular formula is C20H24ClN5O2S. The van der Waals surface area contributed by atoms with Crippen LogP contribution in [0.4, 0.5) is 5.13 Å². The van der Waals surface area contributed by atoms with Crippen LogP contribution in [0.1, 0.15) is 30.4 Å². The molecule has 0 saturated carbocycles. The second-order valence-corrected chi connectivity index (χ2v) is 8.72. The average Bonchev–Trinajstić information content (AvgIpc) is 3.35. The fourth-order valence-electron chi connectivity index (χ4n) is 3.39.